The lowest BCUT2D eigenvalue weighted by Gasteiger charge is -2.21. The third-order valence-corrected chi connectivity index (χ3v) is 3.03. The molecule has 1 aromatic rings. The fourth-order valence-corrected chi connectivity index (χ4v) is 2.02. The van der Waals surface area contributed by atoms with Crippen LogP contribution in [0.3, 0.4) is 0 Å². The van der Waals surface area contributed by atoms with Crippen LogP contribution in [0.25, 0.3) is 0 Å². The number of ketones is 2. The number of carbonyl (C=O) groups is 2. The Morgan fingerprint density at radius 3 is 2.60 bits per heavy atom. The normalized spacial score (nSPS) is 20.0. The number of carbonyl (C=O) groups excluding carboxylic acids is 2. The largest absolute Gasteiger partial charge is 0.417 e. The predicted molar refractivity (Wildman–Crippen MR) is 59.7 cm³/mol. The number of alkyl halides is 3. The van der Waals surface area contributed by atoms with Gasteiger partial charge in [-0.2, -0.15) is 13.2 Å². The van der Waals surface area contributed by atoms with E-state index in [2.05, 4.69) is 0 Å². The fraction of sp³-hybridized carbons (Fsp3) is 0.385. The molecule has 1 saturated heterocycles. The van der Waals surface area contributed by atoms with Gasteiger partial charge in [0.15, 0.2) is 5.78 Å². The number of benzene rings is 1. The molecule has 0 bridgehead atoms. The topological polar surface area (TPSA) is 43.4 Å². The number of hydrogen-bond acceptors (Lipinski definition) is 3. The quantitative estimate of drug-likeness (QED) is 0.478. The molecule has 0 aromatic heterocycles. The summed E-state index contributed by atoms with van der Waals surface area (Å²) in [5.41, 5.74) is -2.08. The van der Waals surface area contributed by atoms with E-state index in [1.54, 1.807) is 0 Å². The number of Topliss-reactive ketones (excluding diaryl/α,β-unsaturated/α-hetero) is 2. The van der Waals surface area contributed by atoms with Gasteiger partial charge in [0.05, 0.1) is 18.8 Å². The molecule has 1 aliphatic rings. The number of rotatable bonds is 2. The van der Waals surface area contributed by atoms with Crippen molar-refractivity contribution in [2.45, 2.75) is 12.6 Å². The molecule has 0 aliphatic carbocycles. The maximum Gasteiger partial charge on any atom is 0.417 e. The molecule has 0 N–H and O–H groups in total. The van der Waals surface area contributed by atoms with Crippen LogP contribution in [0.4, 0.5) is 17.6 Å². The highest BCUT2D eigenvalue weighted by atomic mass is 19.4. The van der Waals surface area contributed by atoms with E-state index in [9.17, 15) is 27.2 Å². The second kappa shape index (κ2) is 5.32. The first-order chi connectivity index (χ1) is 9.30. The van der Waals surface area contributed by atoms with Gasteiger partial charge < -0.3 is 4.74 Å². The molecule has 1 aliphatic heterocycles. The number of halogens is 4. The van der Waals surface area contributed by atoms with E-state index >= 15 is 0 Å². The monoisotopic (exact) mass is 290 g/mol. The predicted octanol–water partition coefficient (Wildman–Crippen LogP) is 2.63. The Labute approximate surface area is 111 Å². The van der Waals surface area contributed by atoms with Gasteiger partial charge in [-0.15, -0.1) is 0 Å². The Hall–Kier alpha value is -1.76. The molecule has 7 heteroatoms. The summed E-state index contributed by atoms with van der Waals surface area (Å²) in [5, 5.41) is 0. The summed E-state index contributed by atoms with van der Waals surface area (Å²) < 4.78 is 56.4. The van der Waals surface area contributed by atoms with Crippen LogP contribution in [-0.4, -0.2) is 24.8 Å². The van der Waals surface area contributed by atoms with Crippen molar-refractivity contribution in [1.29, 1.82) is 0 Å². The molecule has 1 heterocycles. The van der Waals surface area contributed by atoms with Gasteiger partial charge in [-0.3, -0.25) is 9.59 Å². The molecule has 1 unspecified atom stereocenters. The summed E-state index contributed by atoms with van der Waals surface area (Å²) >= 11 is 0. The van der Waals surface area contributed by atoms with Crippen molar-refractivity contribution in [2.75, 3.05) is 13.2 Å². The summed E-state index contributed by atoms with van der Waals surface area (Å²) in [5.74, 6) is -3.80. The molecule has 3 nitrogen and oxygen atoms in total. The first kappa shape index (κ1) is 14.6. The lowest BCUT2D eigenvalue weighted by Crippen LogP contribution is -2.34. The SMILES string of the molecule is O=C1CCOCC1C(=O)c1ccc(F)cc1C(F)(F)F. The van der Waals surface area contributed by atoms with Crippen LogP contribution in [0.15, 0.2) is 18.2 Å². The molecule has 1 atom stereocenters. The highest BCUT2D eigenvalue weighted by molar-refractivity contribution is 6.11. The molecule has 108 valence electrons. The van der Waals surface area contributed by atoms with E-state index < -0.39 is 40.6 Å². The molecular weight excluding hydrogens is 280 g/mol. The first-order valence-electron chi connectivity index (χ1n) is 5.82. The molecule has 1 fully saturated rings. The van der Waals surface area contributed by atoms with Gasteiger partial charge in [0.25, 0.3) is 0 Å². The molecule has 0 amide bonds. The third-order valence-electron chi connectivity index (χ3n) is 3.03. The third kappa shape index (κ3) is 2.87. The minimum atomic E-state index is -4.87. The Morgan fingerprint density at radius 1 is 1.30 bits per heavy atom. The van der Waals surface area contributed by atoms with Crippen molar-refractivity contribution >= 4 is 11.6 Å². The highest BCUT2D eigenvalue weighted by Gasteiger charge is 2.39. The van der Waals surface area contributed by atoms with Crippen molar-refractivity contribution in [1.82, 2.24) is 0 Å². The van der Waals surface area contributed by atoms with Crippen LogP contribution >= 0.6 is 0 Å². The Morgan fingerprint density at radius 2 is 2.00 bits per heavy atom. The van der Waals surface area contributed by atoms with Crippen molar-refractivity contribution in [3.63, 3.8) is 0 Å². The lowest BCUT2D eigenvalue weighted by molar-refractivity contribution is -0.138. The summed E-state index contributed by atoms with van der Waals surface area (Å²) in [6.07, 6.45) is -4.88. The smallest absolute Gasteiger partial charge is 0.380 e. The second-order valence-corrected chi connectivity index (χ2v) is 4.40. The van der Waals surface area contributed by atoms with Crippen LogP contribution in [-0.2, 0) is 15.7 Å². The van der Waals surface area contributed by atoms with Gasteiger partial charge in [0.1, 0.15) is 17.5 Å². The average molecular weight is 290 g/mol. The Balaban J connectivity index is 2.41. The summed E-state index contributed by atoms with van der Waals surface area (Å²) in [6, 6.07) is 1.76. The van der Waals surface area contributed by atoms with Gasteiger partial charge in [0, 0.05) is 12.0 Å². The van der Waals surface area contributed by atoms with Crippen molar-refractivity contribution in [3.8, 4) is 0 Å². The molecule has 0 radical (unpaired) electrons. The second-order valence-electron chi connectivity index (χ2n) is 4.40. The number of hydrogen-bond donors (Lipinski definition) is 0. The lowest BCUT2D eigenvalue weighted by atomic mass is 9.89. The van der Waals surface area contributed by atoms with Crippen molar-refractivity contribution < 1.29 is 31.9 Å². The highest BCUT2D eigenvalue weighted by Crippen LogP contribution is 2.34. The molecule has 1 aromatic carbocycles. The van der Waals surface area contributed by atoms with E-state index in [1.165, 1.54) is 0 Å². The standard InChI is InChI=1S/C13H10F4O3/c14-7-1-2-8(10(5-7)13(15,16)17)12(19)9-6-20-4-3-11(9)18/h1-2,5,9H,3-4,6H2. The zero-order chi connectivity index (χ0) is 14.9. The zero-order valence-electron chi connectivity index (χ0n) is 10.2. The van der Waals surface area contributed by atoms with Crippen molar-refractivity contribution in [2.24, 2.45) is 5.92 Å². The van der Waals surface area contributed by atoms with Crippen LogP contribution in [0, 0.1) is 11.7 Å². The van der Waals surface area contributed by atoms with Gasteiger partial charge >= 0.3 is 6.18 Å². The minimum absolute atomic E-state index is 0.0149. The number of ether oxygens (including phenoxy) is 1. The average Bonchev–Trinajstić information content (AvgIpc) is 2.37. The summed E-state index contributed by atoms with van der Waals surface area (Å²) in [7, 11) is 0. The minimum Gasteiger partial charge on any atom is -0.380 e. The van der Waals surface area contributed by atoms with Gasteiger partial charge in [-0.05, 0) is 18.2 Å². The molecule has 2 rings (SSSR count). The maximum absolute atomic E-state index is 13.0. The van der Waals surface area contributed by atoms with E-state index in [-0.39, 0.29) is 25.7 Å². The van der Waals surface area contributed by atoms with Gasteiger partial charge in [-0.25, -0.2) is 4.39 Å². The van der Waals surface area contributed by atoms with Crippen LogP contribution in [0.1, 0.15) is 22.3 Å². The van der Waals surface area contributed by atoms with E-state index in [0.717, 1.165) is 12.1 Å². The van der Waals surface area contributed by atoms with E-state index in [4.69, 9.17) is 4.74 Å². The summed E-state index contributed by atoms with van der Waals surface area (Å²) in [4.78, 5) is 23.6. The van der Waals surface area contributed by atoms with Gasteiger partial charge in [-0.1, -0.05) is 0 Å². The zero-order valence-corrected chi connectivity index (χ0v) is 10.2. The van der Waals surface area contributed by atoms with E-state index in [1.807, 2.05) is 0 Å². The molecule has 0 saturated carbocycles. The molecule has 20 heavy (non-hydrogen) atoms. The van der Waals surface area contributed by atoms with Crippen LogP contribution < -0.4 is 0 Å². The first-order valence-corrected chi connectivity index (χ1v) is 5.82. The Kier molecular flexibility index (Phi) is 3.89. The maximum atomic E-state index is 13.0. The van der Waals surface area contributed by atoms with E-state index in [0.29, 0.717) is 0 Å². The van der Waals surface area contributed by atoms with Crippen molar-refractivity contribution in [3.05, 3.63) is 35.1 Å². The van der Waals surface area contributed by atoms with Gasteiger partial charge in [0.2, 0.25) is 0 Å². The Bertz CT molecular complexity index is 551. The molecular formula is C13H10F4O3. The van der Waals surface area contributed by atoms with Crippen LogP contribution in [0.2, 0.25) is 0 Å². The fourth-order valence-electron chi connectivity index (χ4n) is 2.02. The molecule has 0 spiro atoms. The summed E-state index contributed by atoms with van der Waals surface area (Å²) in [6.45, 7) is -0.0928. The van der Waals surface area contributed by atoms with Crippen LogP contribution in [0.5, 0.6) is 0 Å².